The lowest BCUT2D eigenvalue weighted by Crippen LogP contribution is -2.43. The molecule has 0 bridgehead atoms. The number of rotatable bonds is 5. The Hall–Kier alpha value is -3.59. The molecule has 1 atom stereocenters. The number of nitrogens with zero attached hydrogens (tertiary/aromatic N) is 2. The van der Waals surface area contributed by atoms with E-state index in [0.29, 0.717) is 31.6 Å². The number of hydrogen-bond donors (Lipinski definition) is 0. The van der Waals surface area contributed by atoms with Gasteiger partial charge in [-0.15, -0.1) is 0 Å². The highest BCUT2D eigenvalue weighted by Crippen LogP contribution is 2.30. The summed E-state index contributed by atoms with van der Waals surface area (Å²) in [7, 11) is 1.30. The van der Waals surface area contributed by atoms with E-state index in [1.165, 1.54) is 13.2 Å². The second kappa shape index (κ2) is 9.34. The Morgan fingerprint density at radius 3 is 2.79 bits per heavy atom. The number of ether oxygens (including phenoxy) is 3. The van der Waals surface area contributed by atoms with E-state index in [0.717, 1.165) is 16.9 Å². The van der Waals surface area contributed by atoms with Gasteiger partial charge in [-0.05, 0) is 34.0 Å². The Bertz CT molecular complexity index is 1260. The maximum absolute atomic E-state index is 13.2. The van der Waals surface area contributed by atoms with Crippen LogP contribution in [0.1, 0.15) is 27.2 Å². The lowest BCUT2D eigenvalue weighted by atomic mass is 10.1. The Kier molecular flexibility index (Phi) is 6.10. The first-order valence-electron chi connectivity index (χ1n) is 11.1. The quantitative estimate of drug-likeness (QED) is 0.522. The van der Waals surface area contributed by atoms with Crippen molar-refractivity contribution in [2.75, 3.05) is 20.2 Å². The van der Waals surface area contributed by atoms with Gasteiger partial charge in [-0.1, -0.05) is 18.2 Å². The molecule has 4 heterocycles. The first-order valence-corrected chi connectivity index (χ1v) is 12.0. The summed E-state index contributed by atoms with van der Waals surface area (Å²) < 4.78 is 18.3. The first-order chi connectivity index (χ1) is 16.5. The van der Waals surface area contributed by atoms with Crippen LogP contribution in [0.4, 0.5) is 0 Å². The molecule has 2 aromatic heterocycles. The molecule has 1 aromatic carbocycles. The summed E-state index contributed by atoms with van der Waals surface area (Å²) in [6.07, 6.45) is 0.257. The van der Waals surface area contributed by atoms with Crippen LogP contribution in [0.5, 0.6) is 11.5 Å². The van der Waals surface area contributed by atoms with Gasteiger partial charge >= 0.3 is 5.97 Å². The highest BCUT2D eigenvalue weighted by atomic mass is 32.1. The van der Waals surface area contributed by atoms with Gasteiger partial charge in [-0.2, -0.15) is 11.3 Å². The van der Waals surface area contributed by atoms with Gasteiger partial charge in [0.25, 0.3) is 11.5 Å². The first kappa shape index (κ1) is 22.2. The van der Waals surface area contributed by atoms with Gasteiger partial charge in [0.1, 0.15) is 23.7 Å². The third-order valence-corrected chi connectivity index (χ3v) is 6.92. The fourth-order valence-electron chi connectivity index (χ4n) is 4.46. The van der Waals surface area contributed by atoms with E-state index in [1.54, 1.807) is 20.8 Å². The molecule has 0 fully saturated rings. The molecule has 5 rings (SSSR count). The van der Waals surface area contributed by atoms with E-state index < -0.39 is 12.1 Å². The summed E-state index contributed by atoms with van der Waals surface area (Å²) >= 11 is 1.54. The Balaban J connectivity index is 1.39. The average Bonchev–Trinajstić information content (AvgIpc) is 3.47. The molecule has 0 spiro atoms. The van der Waals surface area contributed by atoms with Crippen molar-refractivity contribution in [1.82, 2.24) is 9.47 Å². The predicted octanol–water partition coefficient (Wildman–Crippen LogP) is 2.66. The fourth-order valence-corrected chi connectivity index (χ4v) is 5.12. The van der Waals surface area contributed by atoms with E-state index >= 15 is 0 Å². The SMILES string of the molecule is COC(=O)c1c(OCc2ccsc2)cc(=O)n2c1CCN(C(=O)[C@H]1Cc3ccccc3O1)CC2. The van der Waals surface area contributed by atoms with Crippen LogP contribution in [0.15, 0.2) is 52.0 Å². The summed E-state index contributed by atoms with van der Waals surface area (Å²) in [5, 5.41) is 3.88. The molecule has 2 aliphatic heterocycles. The topological polar surface area (TPSA) is 87.1 Å². The van der Waals surface area contributed by atoms with Crippen molar-refractivity contribution < 1.29 is 23.8 Å². The summed E-state index contributed by atoms with van der Waals surface area (Å²) in [6, 6.07) is 10.9. The number of amides is 1. The number of hydrogen-bond acceptors (Lipinski definition) is 7. The molecule has 0 saturated carbocycles. The van der Waals surface area contributed by atoms with Gasteiger partial charge in [-0.3, -0.25) is 9.59 Å². The van der Waals surface area contributed by atoms with Crippen molar-refractivity contribution >= 4 is 23.2 Å². The molecule has 1 amide bonds. The maximum atomic E-state index is 13.2. The molecule has 9 heteroatoms. The molecule has 0 N–H and O–H groups in total. The molecule has 176 valence electrons. The number of para-hydroxylation sites is 1. The molecule has 2 aliphatic rings. The number of pyridine rings is 1. The molecule has 0 unspecified atom stereocenters. The van der Waals surface area contributed by atoms with Crippen molar-refractivity contribution in [2.45, 2.75) is 32.1 Å². The van der Waals surface area contributed by atoms with Crippen LogP contribution in [-0.4, -0.2) is 47.6 Å². The molecule has 34 heavy (non-hydrogen) atoms. The number of thiophene rings is 1. The number of esters is 1. The van der Waals surface area contributed by atoms with E-state index in [-0.39, 0.29) is 35.9 Å². The van der Waals surface area contributed by atoms with Crippen LogP contribution in [-0.2, 0) is 35.5 Å². The van der Waals surface area contributed by atoms with Gasteiger partial charge in [0.2, 0.25) is 0 Å². The van der Waals surface area contributed by atoms with Crippen LogP contribution in [0.3, 0.4) is 0 Å². The Morgan fingerprint density at radius 2 is 2.03 bits per heavy atom. The standard InChI is InChI=1S/C25H24N2O6S/c1-31-25(30)23-18-6-8-26(24(29)21-12-17-4-2-3-5-19(17)33-21)9-10-27(18)22(28)13-20(23)32-14-16-7-11-34-15-16/h2-5,7,11,13,15,21H,6,8-10,12,14H2,1H3/t21-/m1/s1. The molecule has 0 radical (unpaired) electrons. The van der Waals surface area contributed by atoms with Crippen LogP contribution < -0.4 is 15.0 Å². The number of carbonyl (C=O) groups excluding carboxylic acids is 2. The number of fused-ring (bicyclic) bond motifs is 2. The van der Waals surface area contributed by atoms with Gasteiger partial charge in [0.05, 0.1) is 7.11 Å². The van der Waals surface area contributed by atoms with E-state index in [1.807, 2.05) is 41.1 Å². The summed E-state index contributed by atoms with van der Waals surface area (Å²) in [5.41, 5.74) is 2.43. The molecular formula is C25H24N2O6S. The van der Waals surface area contributed by atoms with Crippen LogP contribution in [0.25, 0.3) is 0 Å². The molecule has 0 aliphatic carbocycles. The summed E-state index contributed by atoms with van der Waals surface area (Å²) in [6.45, 7) is 1.21. The molecule has 3 aromatic rings. The number of methoxy groups -OCH3 is 1. The zero-order valence-corrected chi connectivity index (χ0v) is 19.5. The van der Waals surface area contributed by atoms with Crippen LogP contribution >= 0.6 is 11.3 Å². The fraction of sp³-hybridized carbons (Fsp3) is 0.320. The molecule has 0 saturated heterocycles. The minimum atomic E-state index is -0.583. The third kappa shape index (κ3) is 4.19. The highest BCUT2D eigenvalue weighted by Gasteiger charge is 2.34. The minimum Gasteiger partial charge on any atom is -0.488 e. The smallest absolute Gasteiger partial charge is 0.343 e. The molecular weight excluding hydrogens is 456 g/mol. The van der Waals surface area contributed by atoms with Gasteiger partial charge in [0.15, 0.2) is 6.10 Å². The van der Waals surface area contributed by atoms with E-state index in [4.69, 9.17) is 14.2 Å². The van der Waals surface area contributed by atoms with Crippen molar-refractivity contribution in [3.05, 3.63) is 79.9 Å². The maximum Gasteiger partial charge on any atom is 0.343 e. The van der Waals surface area contributed by atoms with Gasteiger partial charge in [0, 0.05) is 44.2 Å². The van der Waals surface area contributed by atoms with Crippen LogP contribution in [0.2, 0.25) is 0 Å². The summed E-state index contributed by atoms with van der Waals surface area (Å²) in [4.78, 5) is 40.6. The second-order valence-corrected chi connectivity index (χ2v) is 9.01. The highest BCUT2D eigenvalue weighted by molar-refractivity contribution is 7.07. The average molecular weight is 481 g/mol. The lowest BCUT2D eigenvalue weighted by molar-refractivity contribution is -0.137. The van der Waals surface area contributed by atoms with Crippen molar-refractivity contribution in [2.24, 2.45) is 0 Å². The van der Waals surface area contributed by atoms with Crippen molar-refractivity contribution in [1.29, 1.82) is 0 Å². The third-order valence-electron chi connectivity index (χ3n) is 6.19. The Labute approximate surface area is 200 Å². The monoisotopic (exact) mass is 480 g/mol. The zero-order chi connectivity index (χ0) is 23.7. The van der Waals surface area contributed by atoms with Crippen molar-refractivity contribution in [3.63, 3.8) is 0 Å². The number of benzene rings is 1. The van der Waals surface area contributed by atoms with Crippen molar-refractivity contribution in [3.8, 4) is 11.5 Å². The Morgan fingerprint density at radius 1 is 1.18 bits per heavy atom. The largest absolute Gasteiger partial charge is 0.488 e. The summed E-state index contributed by atoms with van der Waals surface area (Å²) in [5.74, 6) is 0.239. The number of carbonyl (C=O) groups is 2. The molecule has 8 nitrogen and oxygen atoms in total. The van der Waals surface area contributed by atoms with E-state index in [2.05, 4.69) is 0 Å². The van der Waals surface area contributed by atoms with Gasteiger partial charge < -0.3 is 23.7 Å². The minimum absolute atomic E-state index is 0.120. The van der Waals surface area contributed by atoms with E-state index in [9.17, 15) is 14.4 Å². The second-order valence-electron chi connectivity index (χ2n) is 8.23. The predicted molar refractivity (Wildman–Crippen MR) is 126 cm³/mol. The lowest BCUT2D eigenvalue weighted by Gasteiger charge is -2.23. The normalized spacial score (nSPS) is 16.7. The van der Waals surface area contributed by atoms with Crippen LogP contribution in [0, 0.1) is 0 Å². The zero-order valence-electron chi connectivity index (χ0n) is 18.7. The van der Waals surface area contributed by atoms with Gasteiger partial charge in [-0.25, -0.2) is 4.79 Å². The number of aromatic nitrogens is 1.